The standard InChI is InChI=1S/C17H22N2O4S/c1-19-8-2-3-11-4-6-13(10-15(11)19)24(21,22)18-17(20)14-9-12-5-7-16(14)23-12/h4,6,10,12,14,16H,2-3,5,7-9H2,1H3,(H,18,20)/t12-,14+,16+/m0/s1. The molecule has 3 aliphatic rings. The maximum atomic E-state index is 12.6. The van der Waals surface area contributed by atoms with Crippen LogP contribution < -0.4 is 9.62 Å². The lowest BCUT2D eigenvalue weighted by Gasteiger charge is -2.28. The molecule has 0 unspecified atom stereocenters. The lowest BCUT2D eigenvalue weighted by atomic mass is 9.89. The minimum Gasteiger partial charge on any atom is -0.374 e. The summed E-state index contributed by atoms with van der Waals surface area (Å²) >= 11 is 0. The van der Waals surface area contributed by atoms with Crippen molar-refractivity contribution in [1.29, 1.82) is 0 Å². The van der Waals surface area contributed by atoms with Crippen molar-refractivity contribution >= 4 is 21.6 Å². The first kappa shape index (κ1) is 15.9. The predicted molar refractivity (Wildman–Crippen MR) is 89.4 cm³/mol. The van der Waals surface area contributed by atoms with Crippen molar-refractivity contribution in [2.45, 2.75) is 49.2 Å². The van der Waals surface area contributed by atoms with Crippen molar-refractivity contribution in [3.63, 3.8) is 0 Å². The Kier molecular flexibility index (Phi) is 3.80. The van der Waals surface area contributed by atoms with E-state index in [2.05, 4.69) is 9.62 Å². The lowest BCUT2D eigenvalue weighted by molar-refractivity contribution is -0.124. The average Bonchev–Trinajstić information content (AvgIpc) is 3.17. The average molecular weight is 350 g/mol. The zero-order valence-corrected chi connectivity index (χ0v) is 14.5. The number of nitrogens with one attached hydrogen (secondary N) is 1. The number of rotatable bonds is 3. The van der Waals surface area contributed by atoms with Gasteiger partial charge >= 0.3 is 0 Å². The molecule has 7 heteroatoms. The van der Waals surface area contributed by atoms with Gasteiger partial charge in [0, 0.05) is 19.3 Å². The highest BCUT2D eigenvalue weighted by Gasteiger charge is 2.45. The molecule has 1 aromatic carbocycles. The number of benzene rings is 1. The summed E-state index contributed by atoms with van der Waals surface area (Å²) in [5.74, 6) is -0.785. The topological polar surface area (TPSA) is 75.7 Å². The van der Waals surface area contributed by atoms with Crippen LogP contribution in [0.5, 0.6) is 0 Å². The maximum Gasteiger partial charge on any atom is 0.264 e. The van der Waals surface area contributed by atoms with E-state index in [-0.39, 0.29) is 23.0 Å². The first-order valence-electron chi connectivity index (χ1n) is 8.50. The van der Waals surface area contributed by atoms with Gasteiger partial charge in [-0.05, 0) is 49.8 Å². The third-order valence-electron chi connectivity index (χ3n) is 5.40. The molecule has 24 heavy (non-hydrogen) atoms. The van der Waals surface area contributed by atoms with Crippen molar-refractivity contribution in [1.82, 2.24) is 4.72 Å². The molecule has 1 N–H and O–H groups in total. The zero-order chi connectivity index (χ0) is 16.9. The molecule has 0 aliphatic carbocycles. The molecule has 0 radical (unpaired) electrons. The van der Waals surface area contributed by atoms with Gasteiger partial charge in [-0.25, -0.2) is 13.1 Å². The largest absolute Gasteiger partial charge is 0.374 e. The number of carbonyl (C=O) groups excluding carboxylic acids is 1. The second-order valence-electron chi connectivity index (χ2n) is 7.00. The molecule has 2 fully saturated rings. The Hall–Kier alpha value is -1.60. The van der Waals surface area contributed by atoms with E-state index in [0.29, 0.717) is 6.42 Å². The molecule has 2 saturated heterocycles. The summed E-state index contributed by atoms with van der Waals surface area (Å²) in [5.41, 5.74) is 2.08. The van der Waals surface area contributed by atoms with Crippen LogP contribution in [0.15, 0.2) is 23.1 Å². The summed E-state index contributed by atoms with van der Waals surface area (Å²) in [6.45, 7) is 0.908. The number of ether oxygens (including phenoxy) is 1. The van der Waals surface area contributed by atoms with Gasteiger partial charge in [0.15, 0.2) is 0 Å². The van der Waals surface area contributed by atoms with E-state index in [1.807, 2.05) is 13.1 Å². The molecular formula is C17H22N2O4S. The molecule has 0 aromatic heterocycles. The molecular weight excluding hydrogens is 328 g/mol. The van der Waals surface area contributed by atoms with Gasteiger partial charge in [0.25, 0.3) is 10.0 Å². The molecule has 3 aliphatic heterocycles. The Morgan fingerprint density at radius 3 is 2.88 bits per heavy atom. The summed E-state index contributed by atoms with van der Waals surface area (Å²) in [4.78, 5) is 14.6. The van der Waals surface area contributed by atoms with Gasteiger partial charge in [-0.2, -0.15) is 0 Å². The Balaban J connectivity index is 1.54. The molecule has 6 nitrogen and oxygen atoms in total. The summed E-state index contributed by atoms with van der Waals surface area (Å²) in [6, 6.07) is 5.11. The number of carbonyl (C=O) groups is 1. The van der Waals surface area contributed by atoms with Gasteiger partial charge in [0.1, 0.15) is 0 Å². The SMILES string of the molecule is CN1CCCc2ccc(S(=O)(=O)NC(=O)[C@@H]3C[C@@H]4CC[C@H]3O4)cc21. The number of nitrogens with zero attached hydrogens (tertiary/aromatic N) is 1. The summed E-state index contributed by atoms with van der Waals surface area (Å²) in [6.07, 6.45) is 4.44. The fourth-order valence-corrected chi connectivity index (χ4v) is 5.13. The van der Waals surface area contributed by atoms with Gasteiger partial charge < -0.3 is 9.64 Å². The quantitative estimate of drug-likeness (QED) is 0.893. The number of aryl methyl sites for hydroxylation is 1. The van der Waals surface area contributed by atoms with E-state index in [4.69, 9.17) is 4.74 Å². The first-order valence-corrected chi connectivity index (χ1v) is 9.98. The zero-order valence-electron chi connectivity index (χ0n) is 13.7. The van der Waals surface area contributed by atoms with E-state index in [0.717, 1.165) is 43.5 Å². The number of anilines is 1. The van der Waals surface area contributed by atoms with Crippen molar-refractivity contribution in [3.05, 3.63) is 23.8 Å². The fraction of sp³-hybridized carbons (Fsp3) is 0.588. The summed E-state index contributed by atoms with van der Waals surface area (Å²) in [7, 11) is -1.89. The van der Waals surface area contributed by atoms with Crippen LogP contribution >= 0.6 is 0 Å². The second-order valence-corrected chi connectivity index (χ2v) is 8.68. The van der Waals surface area contributed by atoms with Crippen molar-refractivity contribution < 1.29 is 17.9 Å². The van der Waals surface area contributed by atoms with Crippen LogP contribution in [-0.4, -0.2) is 40.1 Å². The van der Waals surface area contributed by atoms with Gasteiger partial charge in [-0.3, -0.25) is 4.79 Å². The van der Waals surface area contributed by atoms with Crippen LogP contribution in [0.2, 0.25) is 0 Å². The fourth-order valence-electron chi connectivity index (χ4n) is 4.09. The smallest absolute Gasteiger partial charge is 0.264 e. The van der Waals surface area contributed by atoms with Crippen molar-refractivity contribution in [3.8, 4) is 0 Å². The minimum atomic E-state index is -3.85. The van der Waals surface area contributed by atoms with E-state index in [1.54, 1.807) is 12.1 Å². The second kappa shape index (κ2) is 5.74. The predicted octanol–water partition coefficient (Wildman–Crippen LogP) is 1.44. The molecule has 1 aromatic rings. The van der Waals surface area contributed by atoms with Crippen LogP contribution in [-0.2, 0) is 26.0 Å². The van der Waals surface area contributed by atoms with Crippen LogP contribution in [0.25, 0.3) is 0 Å². The van der Waals surface area contributed by atoms with Gasteiger partial charge in [0.05, 0.1) is 23.0 Å². The van der Waals surface area contributed by atoms with Crippen LogP contribution in [0.3, 0.4) is 0 Å². The van der Waals surface area contributed by atoms with Crippen molar-refractivity contribution in [2.24, 2.45) is 5.92 Å². The number of hydrogen-bond donors (Lipinski definition) is 1. The molecule has 2 bridgehead atoms. The number of amides is 1. The Morgan fingerprint density at radius 1 is 1.33 bits per heavy atom. The normalized spacial score (nSPS) is 28.7. The number of fused-ring (bicyclic) bond motifs is 3. The molecule has 130 valence electrons. The van der Waals surface area contributed by atoms with Crippen molar-refractivity contribution in [2.75, 3.05) is 18.5 Å². The lowest BCUT2D eigenvalue weighted by Crippen LogP contribution is -2.39. The van der Waals surface area contributed by atoms with Gasteiger partial charge in [0.2, 0.25) is 5.91 Å². The third-order valence-corrected chi connectivity index (χ3v) is 6.74. The van der Waals surface area contributed by atoms with E-state index in [9.17, 15) is 13.2 Å². The third kappa shape index (κ3) is 2.69. The highest BCUT2D eigenvalue weighted by Crippen LogP contribution is 2.39. The number of hydrogen-bond acceptors (Lipinski definition) is 5. The van der Waals surface area contributed by atoms with E-state index >= 15 is 0 Å². The Morgan fingerprint density at radius 2 is 2.17 bits per heavy atom. The van der Waals surface area contributed by atoms with Gasteiger partial charge in [-0.15, -0.1) is 0 Å². The van der Waals surface area contributed by atoms with E-state index in [1.165, 1.54) is 0 Å². The molecule has 0 spiro atoms. The van der Waals surface area contributed by atoms with E-state index < -0.39 is 15.9 Å². The Bertz CT molecular complexity index is 777. The molecule has 4 rings (SSSR count). The van der Waals surface area contributed by atoms with Crippen LogP contribution in [0.1, 0.15) is 31.2 Å². The molecule has 3 heterocycles. The van der Waals surface area contributed by atoms with Crippen LogP contribution in [0.4, 0.5) is 5.69 Å². The molecule has 0 saturated carbocycles. The molecule has 3 atom stereocenters. The highest BCUT2D eigenvalue weighted by atomic mass is 32.2. The highest BCUT2D eigenvalue weighted by molar-refractivity contribution is 7.90. The van der Waals surface area contributed by atoms with Crippen LogP contribution in [0, 0.1) is 5.92 Å². The minimum absolute atomic E-state index is 0.117. The summed E-state index contributed by atoms with van der Waals surface area (Å²) in [5, 5.41) is 0. The first-order chi connectivity index (χ1) is 11.4. The number of sulfonamides is 1. The molecule has 1 amide bonds. The summed E-state index contributed by atoms with van der Waals surface area (Å²) < 4.78 is 33.1. The maximum absolute atomic E-state index is 12.6. The Labute approximate surface area is 142 Å². The monoisotopic (exact) mass is 350 g/mol. The van der Waals surface area contributed by atoms with Gasteiger partial charge in [-0.1, -0.05) is 6.07 Å².